The molecule has 0 radical (unpaired) electrons. The van der Waals surface area contributed by atoms with Gasteiger partial charge in [-0.15, -0.1) is 0 Å². The van der Waals surface area contributed by atoms with Gasteiger partial charge in [0, 0.05) is 6.54 Å². The van der Waals surface area contributed by atoms with Gasteiger partial charge in [0.25, 0.3) is 0 Å². The van der Waals surface area contributed by atoms with Crippen LogP contribution in [0.4, 0.5) is 0 Å². The summed E-state index contributed by atoms with van der Waals surface area (Å²) in [5, 5.41) is 3.10. The fourth-order valence-corrected chi connectivity index (χ4v) is 3.26. The molecule has 5 heteroatoms. The lowest BCUT2D eigenvalue weighted by molar-refractivity contribution is -0.121. The predicted molar refractivity (Wildman–Crippen MR) is 108 cm³/mol. The van der Waals surface area contributed by atoms with Crippen molar-refractivity contribution in [2.45, 2.75) is 45.7 Å². The number of carbonyl (C=O) groups excluding carboxylic acids is 1. The second kappa shape index (κ2) is 8.71. The van der Waals surface area contributed by atoms with Gasteiger partial charge in [-0.25, -0.2) is 4.98 Å². The topological polar surface area (TPSA) is 56.2 Å². The fourth-order valence-electron chi connectivity index (χ4n) is 3.26. The Bertz CT molecular complexity index is 900. The molecule has 1 heterocycles. The molecule has 5 nitrogen and oxygen atoms in total. The summed E-state index contributed by atoms with van der Waals surface area (Å²) < 4.78 is 7.39. The molecule has 3 aromatic rings. The van der Waals surface area contributed by atoms with Crippen molar-refractivity contribution in [1.29, 1.82) is 0 Å². The smallest absolute Gasteiger partial charge is 0.224 e. The number of benzene rings is 2. The molecule has 1 unspecified atom stereocenters. The predicted octanol–water partition coefficient (Wildman–Crippen LogP) is 4.26. The van der Waals surface area contributed by atoms with Crippen LogP contribution in [0, 0.1) is 0 Å². The molecular formula is C22H27N3O2. The Hall–Kier alpha value is -2.82. The van der Waals surface area contributed by atoms with Crippen LogP contribution in [-0.4, -0.2) is 22.6 Å². The molecule has 1 atom stereocenters. The Morgan fingerprint density at radius 1 is 1.19 bits per heavy atom. The van der Waals surface area contributed by atoms with E-state index >= 15 is 0 Å². The number of fused-ring (bicyclic) bond motifs is 1. The van der Waals surface area contributed by atoms with Crippen molar-refractivity contribution in [3.63, 3.8) is 0 Å². The number of hydrogen-bond acceptors (Lipinski definition) is 3. The molecule has 27 heavy (non-hydrogen) atoms. The lowest BCUT2D eigenvalue weighted by Crippen LogP contribution is -2.30. The van der Waals surface area contributed by atoms with Gasteiger partial charge in [0.15, 0.2) is 0 Å². The van der Waals surface area contributed by atoms with Crippen LogP contribution in [0.3, 0.4) is 0 Å². The van der Waals surface area contributed by atoms with Crippen molar-refractivity contribution in [2.24, 2.45) is 0 Å². The third-order valence-electron chi connectivity index (χ3n) is 4.71. The number of ether oxygens (including phenoxy) is 1. The second-order valence-electron chi connectivity index (χ2n) is 6.78. The lowest BCUT2D eigenvalue weighted by Gasteiger charge is -2.16. The number of methoxy groups -OCH3 is 1. The number of para-hydroxylation sites is 2. The van der Waals surface area contributed by atoms with Crippen molar-refractivity contribution < 1.29 is 9.53 Å². The first-order valence-corrected chi connectivity index (χ1v) is 9.49. The Balaban J connectivity index is 1.74. The molecule has 2 aromatic carbocycles. The maximum absolute atomic E-state index is 12.5. The molecule has 3 rings (SSSR count). The summed E-state index contributed by atoms with van der Waals surface area (Å²) in [5.41, 5.74) is 3.05. The van der Waals surface area contributed by atoms with Crippen molar-refractivity contribution in [3.8, 4) is 5.75 Å². The van der Waals surface area contributed by atoms with E-state index in [9.17, 15) is 4.79 Å². The molecule has 1 amide bonds. The maximum atomic E-state index is 12.5. The molecule has 1 aromatic heterocycles. The number of nitrogens with zero attached hydrogens (tertiary/aromatic N) is 2. The largest absolute Gasteiger partial charge is 0.497 e. The average molecular weight is 365 g/mol. The number of aromatic nitrogens is 2. The molecule has 0 saturated heterocycles. The van der Waals surface area contributed by atoms with E-state index in [1.54, 1.807) is 7.11 Å². The van der Waals surface area contributed by atoms with E-state index in [2.05, 4.69) is 22.9 Å². The van der Waals surface area contributed by atoms with E-state index in [1.807, 2.05) is 49.4 Å². The number of carbonyl (C=O) groups is 1. The Morgan fingerprint density at radius 2 is 1.93 bits per heavy atom. The molecule has 1 N–H and O–H groups in total. The van der Waals surface area contributed by atoms with Gasteiger partial charge in [-0.3, -0.25) is 4.79 Å². The van der Waals surface area contributed by atoms with E-state index in [1.165, 1.54) is 0 Å². The fraction of sp³-hybridized carbons (Fsp3) is 0.364. The number of imidazole rings is 1. The Labute approximate surface area is 160 Å². The minimum absolute atomic E-state index is 0.0123. The second-order valence-corrected chi connectivity index (χ2v) is 6.78. The van der Waals surface area contributed by atoms with E-state index in [0.717, 1.165) is 47.6 Å². The highest BCUT2D eigenvalue weighted by molar-refractivity contribution is 5.79. The van der Waals surface area contributed by atoms with Gasteiger partial charge < -0.3 is 14.6 Å². The summed E-state index contributed by atoms with van der Waals surface area (Å²) in [6.07, 6.45) is 2.54. The standard InChI is InChI=1S/C22H27N3O2/c1-4-5-14-25-20-9-7-6-8-19(20)24-22(25)16(2)23-21(26)15-17-10-12-18(27-3)13-11-17/h6-13,16H,4-5,14-15H2,1-3H3,(H,23,26). The summed E-state index contributed by atoms with van der Waals surface area (Å²) in [6.45, 7) is 5.08. The highest BCUT2D eigenvalue weighted by atomic mass is 16.5. The van der Waals surface area contributed by atoms with Crippen LogP contribution in [0.5, 0.6) is 5.75 Å². The first kappa shape index (κ1) is 19.0. The zero-order chi connectivity index (χ0) is 19.2. The van der Waals surface area contributed by atoms with Crippen molar-refractivity contribution >= 4 is 16.9 Å². The Kier molecular flexibility index (Phi) is 6.12. The molecule has 0 spiro atoms. The van der Waals surface area contributed by atoms with E-state index in [0.29, 0.717) is 6.42 Å². The van der Waals surface area contributed by atoms with E-state index in [-0.39, 0.29) is 11.9 Å². The monoisotopic (exact) mass is 365 g/mol. The Morgan fingerprint density at radius 3 is 2.63 bits per heavy atom. The van der Waals surface area contributed by atoms with Crippen LogP contribution in [0.25, 0.3) is 11.0 Å². The summed E-state index contributed by atoms with van der Waals surface area (Å²) in [5.74, 6) is 1.69. The number of unbranched alkanes of at least 4 members (excludes halogenated alkanes) is 1. The minimum Gasteiger partial charge on any atom is -0.497 e. The van der Waals surface area contributed by atoms with Crippen molar-refractivity contribution in [1.82, 2.24) is 14.9 Å². The third kappa shape index (κ3) is 4.48. The molecular weight excluding hydrogens is 338 g/mol. The van der Waals surface area contributed by atoms with Gasteiger partial charge in [-0.05, 0) is 43.2 Å². The third-order valence-corrected chi connectivity index (χ3v) is 4.71. The molecule has 0 aliphatic heterocycles. The SMILES string of the molecule is CCCCn1c(C(C)NC(=O)Cc2ccc(OC)cc2)nc2ccccc21. The van der Waals surface area contributed by atoms with Crippen LogP contribution in [0.1, 0.15) is 44.1 Å². The van der Waals surface area contributed by atoms with Gasteiger partial charge in [0.1, 0.15) is 11.6 Å². The van der Waals surface area contributed by atoms with Gasteiger partial charge in [0.05, 0.1) is 30.6 Å². The summed E-state index contributed by atoms with van der Waals surface area (Å²) in [7, 11) is 1.63. The zero-order valence-corrected chi connectivity index (χ0v) is 16.2. The van der Waals surface area contributed by atoms with Gasteiger partial charge >= 0.3 is 0 Å². The number of amides is 1. The first-order valence-electron chi connectivity index (χ1n) is 9.49. The first-order chi connectivity index (χ1) is 13.1. The van der Waals surface area contributed by atoms with E-state index in [4.69, 9.17) is 9.72 Å². The zero-order valence-electron chi connectivity index (χ0n) is 16.2. The minimum atomic E-state index is -0.153. The highest BCUT2D eigenvalue weighted by Gasteiger charge is 2.18. The highest BCUT2D eigenvalue weighted by Crippen LogP contribution is 2.22. The van der Waals surface area contributed by atoms with Crippen LogP contribution < -0.4 is 10.1 Å². The molecule has 0 aliphatic carbocycles. The van der Waals surface area contributed by atoms with Gasteiger partial charge in [-0.2, -0.15) is 0 Å². The molecule has 142 valence electrons. The summed E-state index contributed by atoms with van der Waals surface area (Å²) in [4.78, 5) is 17.3. The number of rotatable bonds is 8. The lowest BCUT2D eigenvalue weighted by atomic mass is 10.1. The quantitative estimate of drug-likeness (QED) is 0.649. The van der Waals surface area contributed by atoms with E-state index < -0.39 is 0 Å². The average Bonchev–Trinajstić information content (AvgIpc) is 3.05. The van der Waals surface area contributed by atoms with Crippen molar-refractivity contribution in [2.75, 3.05) is 7.11 Å². The number of aryl methyl sites for hydroxylation is 1. The maximum Gasteiger partial charge on any atom is 0.224 e. The van der Waals surface area contributed by atoms with Gasteiger partial charge in [0.2, 0.25) is 5.91 Å². The van der Waals surface area contributed by atoms with Crippen molar-refractivity contribution in [3.05, 3.63) is 59.9 Å². The van der Waals surface area contributed by atoms with Crippen LogP contribution in [0.2, 0.25) is 0 Å². The van der Waals surface area contributed by atoms with Crippen LogP contribution in [0.15, 0.2) is 48.5 Å². The normalized spacial score (nSPS) is 12.1. The molecule has 0 saturated carbocycles. The summed E-state index contributed by atoms with van der Waals surface area (Å²) in [6, 6.07) is 15.6. The van der Waals surface area contributed by atoms with Gasteiger partial charge in [-0.1, -0.05) is 37.6 Å². The molecule has 0 fully saturated rings. The van der Waals surface area contributed by atoms with Crippen LogP contribution in [-0.2, 0) is 17.8 Å². The summed E-state index contributed by atoms with van der Waals surface area (Å²) >= 11 is 0. The molecule has 0 bridgehead atoms. The molecule has 0 aliphatic rings. The number of hydrogen-bond donors (Lipinski definition) is 1. The number of nitrogens with one attached hydrogen (secondary N) is 1. The van der Waals surface area contributed by atoms with Crippen LogP contribution >= 0.6 is 0 Å².